The summed E-state index contributed by atoms with van der Waals surface area (Å²) in [4.78, 5) is 3.92. The first-order valence-electron chi connectivity index (χ1n) is 5.18. The van der Waals surface area contributed by atoms with Crippen molar-refractivity contribution in [2.45, 2.75) is 26.3 Å². The minimum Gasteiger partial charge on any atom is -0.321 e. The molecule has 0 bridgehead atoms. The highest BCUT2D eigenvalue weighted by Crippen LogP contribution is 2.15. The average molecular weight is 281 g/mol. The fourth-order valence-corrected chi connectivity index (χ4v) is 2.15. The van der Waals surface area contributed by atoms with Crippen LogP contribution < -0.4 is 0 Å². The largest absolute Gasteiger partial charge is 0.321 e. The molecule has 1 rings (SSSR count). The van der Waals surface area contributed by atoms with Crippen LogP contribution in [-0.2, 0) is 6.54 Å². The number of hydrogen-bond acceptors (Lipinski definition) is 3. The van der Waals surface area contributed by atoms with Gasteiger partial charge in [-0.25, -0.2) is 4.98 Å². The van der Waals surface area contributed by atoms with Gasteiger partial charge in [-0.1, -0.05) is 29.3 Å². The highest BCUT2D eigenvalue weighted by atomic mass is 79.9. The maximum absolute atomic E-state index is 8.96. The zero-order valence-corrected chi connectivity index (χ0v) is 10.7. The van der Waals surface area contributed by atoms with Crippen LogP contribution in [0.3, 0.4) is 0 Å². The summed E-state index contributed by atoms with van der Waals surface area (Å²) in [5, 5.41) is 18.6. The minimum absolute atomic E-state index is 0.215. The smallest absolute Gasteiger partial charge is 0.176 e. The van der Waals surface area contributed by atoms with Gasteiger partial charge in [-0.3, -0.25) is 0 Å². The van der Waals surface area contributed by atoms with Crippen molar-refractivity contribution in [2.75, 3.05) is 5.33 Å². The summed E-state index contributed by atoms with van der Waals surface area (Å²) in [5.41, 5.74) is 0.580. The molecule has 0 fully saturated rings. The van der Waals surface area contributed by atoms with Gasteiger partial charge in [-0.05, 0) is 12.3 Å². The molecular formula is C11H13BrN4. The third-order valence-electron chi connectivity index (χ3n) is 2.42. The monoisotopic (exact) mass is 280 g/mol. The second-order valence-electron chi connectivity index (χ2n) is 3.63. The fraction of sp³-hybridized carbons (Fsp3) is 0.545. The molecule has 0 spiro atoms. The number of nitrogens with zero attached hydrogens (tertiary/aromatic N) is 4. The van der Waals surface area contributed by atoms with Gasteiger partial charge < -0.3 is 4.57 Å². The Morgan fingerprint density at radius 1 is 1.50 bits per heavy atom. The zero-order chi connectivity index (χ0) is 12.0. The summed E-state index contributed by atoms with van der Waals surface area (Å²) < 4.78 is 1.76. The van der Waals surface area contributed by atoms with Crippen LogP contribution in [-0.4, -0.2) is 14.9 Å². The molecule has 1 unspecified atom stereocenters. The summed E-state index contributed by atoms with van der Waals surface area (Å²) in [6, 6.07) is 3.95. The Hall–Kier alpha value is -1.33. The summed E-state index contributed by atoms with van der Waals surface area (Å²) >= 11 is 3.46. The lowest BCUT2D eigenvalue weighted by atomic mass is 10.1. The van der Waals surface area contributed by atoms with Crippen LogP contribution in [0.2, 0.25) is 0 Å². The summed E-state index contributed by atoms with van der Waals surface area (Å²) in [6.45, 7) is 2.87. The third-order valence-corrected chi connectivity index (χ3v) is 3.34. The Morgan fingerprint density at radius 2 is 2.25 bits per heavy atom. The van der Waals surface area contributed by atoms with Crippen molar-refractivity contribution in [3.63, 3.8) is 0 Å². The lowest BCUT2D eigenvalue weighted by Crippen LogP contribution is -2.12. The summed E-state index contributed by atoms with van der Waals surface area (Å²) in [7, 11) is 0. The van der Waals surface area contributed by atoms with Gasteiger partial charge >= 0.3 is 0 Å². The molecule has 0 saturated heterocycles. The standard InChI is InChI=1S/C11H13BrN4/c1-2-3-9(4-12)7-16-8-15-10(5-13)11(16)6-14/h8-9H,2-4,7H2,1H3. The predicted octanol–water partition coefficient (Wildman–Crippen LogP) is 2.44. The number of imidazole rings is 1. The molecule has 0 aliphatic heterocycles. The van der Waals surface area contributed by atoms with Crippen molar-refractivity contribution < 1.29 is 0 Å². The molecule has 1 atom stereocenters. The number of alkyl halides is 1. The zero-order valence-electron chi connectivity index (χ0n) is 9.15. The van der Waals surface area contributed by atoms with E-state index in [1.807, 2.05) is 12.1 Å². The normalized spacial score (nSPS) is 11.8. The van der Waals surface area contributed by atoms with Crippen LogP contribution in [0.25, 0.3) is 0 Å². The molecule has 0 aromatic carbocycles. The van der Waals surface area contributed by atoms with Gasteiger partial charge in [0.1, 0.15) is 12.1 Å². The molecule has 0 N–H and O–H groups in total. The van der Waals surface area contributed by atoms with Gasteiger partial charge in [0, 0.05) is 11.9 Å². The maximum atomic E-state index is 8.96. The van der Waals surface area contributed by atoms with E-state index in [0.29, 0.717) is 11.6 Å². The molecule has 0 aliphatic rings. The average Bonchev–Trinajstić information content (AvgIpc) is 2.70. The van der Waals surface area contributed by atoms with E-state index in [9.17, 15) is 0 Å². The Kier molecular flexibility index (Phi) is 5.01. The van der Waals surface area contributed by atoms with Gasteiger partial charge in [0.25, 0.3) is 0 Å². The van der Waals surface area contributed by atoms with Crippen LogP contribution >= 0.6 is 15.9 Å². The van der Waals surface area contributed by atoms with Crippen molar-refractivity contribution in [1.29, 1.82) is 10.5 Å². The molecule has 1 aromatic rings. The molecule has 84 valence electrons. The molecule has 1 aromatic heterocycles. The number of nitriles is 2. The van der Waals surface area contributed by atoms with Crippen molar-refractivity contribution in [1.82, 2.24) is 9.55 Å². The molecule has 0 radical (unpaired) electrons. The van der Waals surface area contributed by atoms with Crippen LogP contribution in [0, 0.1) is 28.6 Å². The van der Waals surface area contributed by atoms with Crippen molar-refractivity contribution in [3.8, 4) is 12.1 Å². The molecule has 5 heteroatoms. The van der Waals surface area contributed by atoms with Gasteiger partial charge in [0.15, 0.2) is 11.4 Å². The Labute approximate surface area is 104 Å². The topological polar surface area (TPSA) is 65.4 Å². The van der Waals surface area contributed by atoms with E-state index >= 15 is 0 Å². The van der Waals surface area contributed by atoms with Crippen LogP contribution in [0.5, 0.6) is 0 Å². The van der Waals surface area contributed by atoms with Gasteiger partial charge in [0.2, 0.25) is 0 Å². The van der Waals surface area contributed by atoms with Crippen molar-refractivity contribution in [2.24, 2.45) is 5.92 Å². The Balaban J connectivity index is 2.85. The summed E-state index contributed by atoms with van der Waals surface area (Å²) in [5.74, 6) is 0.470. The number of halogens is 1. The van der Waals surface area contributed by atoms with E-state index in [1.165, 1.54) is 0 Å². The predicted molar refractivity (Wildman–Crippen MR) is 63.8 cm³/mol. The van der Waals surface area contributed by atoms with Crippen molar-refractivity contribution in [3.05, 3.63) is 17.7 Å². The lowest BCUT2D eigenvalue weighted by molar-refractivity contribution is 0.453. The number of aromatic nitrogens is 2. The van der Waals surface area contributed by atoms with E-state index in [4.69, 9.17) is 10.5 Å². The van der Waals surface area contributed by atoms with E-state index in [0.717, 1.165) is 24.7 Å². The van der Waals surface area contributed by atoms with E-state index in [1.54, 1.807) is 10.9 Å². The van der Waals surface area contributed by atoms with Crippen LogP contribution in [0.4, 0.5) is 0 Å². The van der Waals surface area contributed by atoms with Gasteiger partial charge in [-0.2, -0.15) is 10.5 Å². The maximum Gasteiger partial charge on any atom is 0.176 e. The number of hydrogen-bond donors (Lipinski definition) is 0. The highest BCUT2D eigenvalue weighted by molar-refractivity contribution is 9.09. The van der Waals surface area contributed by atoms with E-state index in [2.05, 4.69) is 27.8 Å². The van der Waals surface area contributed by atoms with Gasteiger partial charge in [-0.15, -0.1) is 0 Å². The van der Waals surface area contributed by atoms with Crippen molar-refractivity contribution >= 4 is 15.9 Å². The van der Waals surface area contributed by atoms with Crippen LogP contribution in [0.15, 0.2) is 6.33 Å². The molecule has 0 aliphatic carbocycles. The first-order valence-corrected chi connectivity index (χ1v) is 6.30. The lowest BCUT2D eigenvalue weighted by Gasteiger charge is -2.13. The summed E-state index contributed by atoms with van der Waals surface area (Å²) in [6.07, 6.45) is 3.77. The molecule has 16 heavy (non-hydrogen) atoms. The second kappa shape index (κ2) is 6.30. The molecule has 4 nitrogen and oxygen atoms in total. The molecular weight excluding hydrogens is 268 g/mol. The van der Waals surface area contributed by atoms with E-state index < -0.39 is 0 Å². The van der Waals surface area contributed by atoms with Crippen LogP contribution in [0.1, 0.15) is 31.2 Å². The quantitative estimate of drug-likeness (QED) is 0.778. The third kappa shape index (κ3) is 2.84. The Bertz CT molecular complexity index is 424. The SMILES string of the molecule is CCCC(CBr)Cn1cnc(C#N)c1C#N. The fourth-order valence-electron chi connectivity index (χ4n) is 1.62. The molecule has 0 amide bonds. The minimum atomic E-state index is 0.215. The first-order chi connectivity index (χ1) is 7.76. The highest BCUT2D eigenvalue weighted by Gasteiger charge is 2.13. The first kappa shape index (κ1) is 12.7. The molecule has 1 heterocycles. The van der Waals surface area contributed by atoms with Gasteiger partial charge in [0.05, 0.1) is 6.33 Å². The molecule has 0 saturated carbocycles. The number of rotatable bonds is 5. The Morgan fingerprint density at radius 3 is 2.75 bits per heavy atom. The second-order valence-corrected chi connectivity index (χ2v) is 4.27. The van der Waals surface area contributed by atoms with E-state index in [-0.39, 0.29) is 5.69 Å².